The van der Waals surface area contributed by atoms with Gasteiger partial charge in [0.05, 0.1) is 12.1 Å². The number of hydrogen-bond acceptors (Lipinski definition) is 3. The molecule has 1 aromatic carbocycles. The number of rotatable bonds is 5. The summed E-state index contributed by atoms with van der Waals surface area (Å²) in [5, 5.41) is 1.23. The Morgan fingerprint density at radius 3 is 2.96 bits per heavy atom. The van der Waals surface area contributed by atoms with Crippen molar-refractivity contribution in [1.29, 1.82) is 0 Å². The molecule has 1 amide bonds. The highest BCUT2D eigenvalue weighted by molar-refractivity contribution is 5.86. The standard InChI is InChI=1S/C19H24N2O2/c1-13-8-14(2)19-17(9-13)16(4-5-20-19)10-15-11-18(22)21(12-15)6-7-23-3/h4-5,8-9,15H,6-7,10-12H2,1-3H3. The number of fused-ring (bicyclic) bond motifs is 1. The third kappa shape index (κ3) is 3.37. The number of likely N-dealkylation sites (tertiary alicyclic amines) is 1. The van der Waals surface area contributed by atoms with Gasteiger partial charge in [-0.1, -0.05) is 11.6 Å². The van der Waals surface area contributed by atoms with Crippen molar-refractivity contribution in [3.05, 3.63) is 41.1 Å². The Morgan fingerprint density at radius 1 is 1.35 bits per heavy atom. The van der Waals surface area contributed by atoms with Crippen molar-refractivity contribution in [1.82, 2.24) is 9.88 Å². The van der Waals surface area contributed by atoms with E-state index in [1.54, 1.807) is 7.11 Å². The van der Waals surface area contributed by atoms with Crippen LogP contribution in [0, 0.1) is 19.8 Å². The van der Waals surface area contributed by atoms with Gasteiger partial charge in [0.1, 0.15) is 0 Å². The number of nitrogens with zero attached hydrogens (tertiary/aromatic N) is 2. The molecule has 1 aliphatic rings. The summed E-state index contributed by atoms with van der Waals surface area (Å²) in [4.78, 5) is 18.6. The number of amides is 1. The summed E-state index contributed by atoms with van der Waals surface area (Å²) in [5.74, 6) is 0.628. The van der Waals surface area contributed by atoms with Crippen LogP contribution in [0.1, 0.15) is 23.1 Å². The molecule has 4 heteroatoms. The van der Waals surface area contributed by atoms with E-state index in [9.17, 15) is 4.79 Å². The molecule has 1 atom stereocenters. The molecule has 2 heterocycles. The molecule has 0 spiro atoms. The average molecular weight is 312 g/mol. The lowest BCUT2D eigenvalue weighted by molar-refractivity contribution is -0.128. The molecule has 0 aliphatic carbocycles. The van der Waals surface area contributed by atoms with Gasteiger partial charge in [0, 0.05) is 38.2 Å². The number of methoxy groups -OCH3 is 1. The smallest absolute Gasteiger partial charge is 0.223 e. The Bertz CT molecular complexity index is 727. The number of aryl methyl sites for hydroxylation is 2. The molecule has 1 unspecified atom stereocenters. The first-order valence-corrected chi connectivity index (χ1v) is 8.20. The minimum absolute atomic E-state index is 0.248. The van der Waals surface area contributed by atoms with Crippen molar-refractivity contribution in [3.63, 3.8) is 0 Å². The fourth-order valence-electron chi connectivity index (χ4n) is 3.56. The summed E-state index contributed by atoms with van der Waals surface area (Å²) < 4.78 is 5.09. The van der Waals surface area contributed by atoms with Gasteiger partial charge in [-0.15, -0.1) is 0 Å². The second-order valence-corrected chi connectivity index (χ2v) is 6.55. The first-order valence-electron chi connectivity index (χ1n) is 8.20. The average Bonchev–Trinajstić information content (AvgIpc) is 2.85. The van der Waals surface area contributed by atoms with Crippen LogP contribution in [0.4, 0.5) is 0 Å². The van der Waals surface area contributed by atoms with E-state index in [1.165, 1.54) is 22.1 Å². The molecule has 3 rings (SSSR count). The van der Waals surface area contributed by atoms with Crippen LogP contribution in [0.5, 0.6) is 0 Å². The molecule has 1 aliphatic heterocycles. The van der Waals surface area contributed by atoms with E-state index in [2.05, 4.69) is 37.0 Å². The summed E-state index contributed by atoms with van der Waals surface area (Å²) in [5.41, 5.74) is 4.85. The second-order valence-electron chi connectivity index (χ2n) is 6.55. The topological polar surface area (TPSA) is 42.4 Å². The zero-order chi connectivity index (χ0) is 16.4. The molecule has 0 bridgehead atoms. The van der Waals surface area contributed by atoms with Gasteiger partial charge in [0.2, 0.25) is 5.91 Å². The summed E-state index contributed by atoms with van der Waals surface area (Å²) >= 11 is 0. The molecule has 2 aromatic rings. The number of hydrogen-bond donors (Lipinski definition) is 0. The lowest BCUT2D eigenvalue weighted by atomic mass is 9.94. The Hall–Kier alpha value is -1.94. The van der Waals surface area contributed by atoms with E-state index < -0.39 is 0 Å². The van der Waals surface area contributed by atoms with Gasteiger partial charge in [-0.3, -0.25) is 9.78 Å². The molecule has 1 aromatic heterocycles. The first-order chi connectivity index (χ1) is 11.1. The van der Waals surface area contributed by atoms with Gasteiger partial charge in [-0.2, -0.15) is 0 Å². The third-order valence-electron chi connectivity index (χ3n) is 4.64. The highest BCUT2D eigenvalue weighted by atomic mass is 16.5. The maximum Gasteiger partial charge on any atom is 0.223 e. The van der Waals surface area contributed by atoms with Gasteiger partial charge in [0.15, 0.2) is 0 Å². The predicted octanol–water partition coefficient (Wildman–Crippen LogP) is 2.89. The molecular weight excluding hydrogens is 288 g/mol. The quantitative estimate of drug-likeness (QED) is 0.852. The number of aromatic nitrogens is 1. The molecule has 0 saturated carbocycles. The normalized spacial score (nSPS) is 18.1. The lowest BCUT2D eigenvalue weighted by Gasteiger charge is -2.16. The van der Waals surface area contributed by atoms with Crippen LogP contribution < -0.4 is 0 Å². The van der Waals surface area contributed by atoms with Crippen LogP contribution in [0.2, 0.25) is 0 Å². The molecule has 122 valence electrons. The van der Waals surface area contributed by atoms with Gasteiger partial charge in [0.25, 0.3) is 0 Å². The SMILES string of the molecule is COCCN1CC(Cc2ccnc3c(C)cc(C)cc23)CC1=O. The van der Waals surface area contributed by atoms with Crippen molar-refractivity contribution in [3.8, 4) is 0 Å². The van der Waals surface area contributed by atoms with Crippen molar-refractivity contribution in [2.24, 2.45) is 5.92 Å². The summed E-state index contributed by atoms with van der Waals surface area (Å²) in [6, 6.07) is 6.48. The monoisotopic (exact) mass is 312 g/mol. The van der Waals surface area contributed by atoms with Crippen molar-refractivity contribution < 1.29 is 9.53 Å². The molecule has 23 heavy (non-hydrogen) atoms. The van der Waals surface area contributed by atoms with Gasteiger partial charge >= 0.3 is 0 Å². The Labute approximate surface area is 137 Å². The molecule has 0 radical (unpaired) electrons. The Balaban J connectivity index is 1.81. The zero-order valence-corrected chi connectivity index (χ0v) is 14.1. The largest absolute Gasteiger partial charge is 0.383 e. The van der Waals surface area contributed by atoms with E-state index in [0.29, 0.717) is 25.5 Å². The number of carbonyl (C=O) groups is 1. The summed E-state index contributed by atoms with van der Waals surface area (Å²) in [6.07, 6.45) is 3.45. The number of ether oxygens (including phenoxy) is 1. The Kier molecular flexibility index (Phi) is 4.62. The van der Waals surface area contributed by atoms with Crippen LogP contribution >= 0.6 is 0 Å². The zero-order valence-electron chi connectivity index (χ0n) is 14.1. The lowest BCUT2D eigenvalue weighted by Crippen LogP contribution is -2.28. The van der Waals surface area contributed by atoms with E-state index in [1.807, 2.05) is 11.1 Å². The van der Waals surface area contributed by atoms with Gasteiger partial charge < -0.3 is 9.64 Å². The van der Waals surface area contributed by atoms with Crippen LogP contribution in [-0.4, -0.2) is 42.6 Å². The van der Waals surface area contributed by atoms with E-state index in [-0.39, 0.29) is 5.91 Å². The molecular formula is C19H24N2O2. The first kappa shape index (κ1) is 15.9. The maximum absolute atomic E-state index is 12.1. The predicted molar refractivity (Wildman–Crippen MR) is 91.5 cm³/mol. The van der Waals surface area contributed by atoms with E-state index >= 15 is 0 Å². The van der Waals surface area contributed by atoms with E-state index in [4.69, 9.17) is 4.74 Å². The third-order valence-corrected chi connectivity index (χ3v) is 4.64. The maximum atomic E-state index is 12.1. The van der Waals surface area contributed by atoms with Crippen molar-refractivity contribution >= 4 is 16.8 Å². The van der Waals surface area contributed by atoms with Crippen LogP contribution in [0.15, 0.2) is 24.4 Å². The number of benzene rings is 1. The fraction of sp³-hybridized carbons (Fsp3) is 0.474. The van der Waals surface area contributed by atoms with Crippen LogP contribution in [0.3, 0.4) is 0 Å². The molecule has 1 fully saturated rings. The van der Waals surface area contributed by atoms with Crippen LogP contribution in [0.25, 0.3) is 10.9 Å². The number of carbonyl (C=O) groups excluding carboxylic acids is 1. The van der Waals surface area contributed by atoms with Crippen LogP contribution in [-0.2, 0) is 16.0 Å². The minimum atomic E-state index is 0.248. The van der Waals surface area contributed by atoms with Crippen molar-refractivity contribution in [2.45, 2.75) is 26.7 Å². The fourth-order valence-corrected chi connectivity index (χ4v) is 3.56. The molecule has 1 saturated heterocycles. The summed E-state index contributed by atoms with van der Waals surface area (Å²) in [7, 11) is 1.67. The number of pyridine rings is 1. The highest BCUT2D eigenvalue weighted by Crippen LogP contribution is 2.27. The van der Waals surface area contributed by atoms with Gasteiger partial charge in [-0.05, 0) is 49.4 Å². The molecule has 4 nitrogen and oxygen atoms in total. The highest BCUT2D eigenvalue weighted by Gasteiger charge is 2.29. The van der Waals surface area contributed by atoms with Gasteiger partial charge in [-0.25, -0.2) is 0 Å². The second kappa shape index (κ2) is 6.67. The van der Waals surface area contributed by atoms with E-state index in [0.717, 1.165) is 18.5 Å². The Morgan fingerprint density at radius 2 is 2.17 bits per heavy atom. The molecule has 0 N–H and O–H groups in total. The van der Waals surface area contributed by atoms with Crippen molar-refractivity contribution in [2.75, 3.05) is 26.8 Å². The summed E-state index contributed by atoms with van der Waals surface area (Å²) in [6.45, 7) is 6.36. The minimum Gasteiger partial charge on any atom is -0.383 e.